The summed E-state index contributed by atoms with van der Waals surface area (Å²) in [5.41, 5.74) is 0.903. The average molecular weight is 320 g/mol. The van der Waals surface area contributed by atoms with Crippen LogP contribution in [0.4, 0.5) is 0 Å². The van der Waals surface area contributed by atoms with Crippen molar-refractivity contribution in [2.75, 3.05) is 0 Å². The van der Waals surface area contributed by atoms with Crippen LogP contribution >= 0.6 is 27.5 Å². The highest BCUT2D eigenvalue weighted by Crippen LogP contribution is 2.26. The van der Waals surface area contributed by atoms with E-state index in [-0.39, 0.29) is 0 Å². The molecule has 0 bridgehead atoms. The van der Waals surface area contributed by atoms with Crippen LogP contribution in [0.25, 0.3) is 0 Å². The maximum atomic E-state index is 10.0. The molecular formula is C14H20BrClO. The first-order chi connectivity index (χ1) is 8.13. The lowest BCUT2D eigenvalue weighted by Crippen LogP contribution is -1.97. The second-order valence-electron chi connectivity index (χ2n) is 4.42. The Bertz CT molecular complexity index is 321. The molecule has 0 radical (unpaired) electrons. The fourth-order valence-corrected chi connectivity index (χ4v) is 2.76. The van der Waals surface area contributed by atoms with Crippen LogP contribution in [0.1, 0.15) is 57.1 Å². The molecule has 0 aromatic heterocycles. The molecule has 1 unspecified atom stereocenters. The van der Waals surface area contributed by atoms with Crippen LogP contribution in [0.5, 0.6) is 0 Å². The molecule has 1 N–H and O–H groups in total. The SMILES string of the molecule is CCCCCCCC(O)c1cc(Cl)cc(Br)c1. The van der Waals surface area contributed by atoms with Gasteiger partial charge in [-0.15, -0.1) is 0 Å². The molecular weight excluding hydrogens is 300 g/mol. The summed E-state index contributed by atoms with van der Waals surface area (Å²) in [6.07, 6.45) is 6.51. The molecule has 1 nitrogen and oxygen atoms in total. The Hall–Kier alpha value is -0.0500. The van der Waals surface area contributed by atoms with Crippen LogP contribution in [-0.2, 0) is 0 Å². The van der Waals surface area contributed by atoms with Gasteiger partial charge in [-0.2, -0.15) is 0 Å². The molecule has 1 aromatic carbocycles. The highest BCUT2D eigenvalue weighted by Gasteiger charge is 2.08. The largest absolute Gasteiger partial charge is 0.388 e. The number of hydrogen-bond acceptors (Lipinski definition) is 1. The zero-order valence-corrected chi connectivity index (χ0v) is 12.6. The molecule has 0 heterocycles. The van der Waals surface area contributed by atoms with Gasteiger partial charge in [0, 0.05) is 9.50 Å². The van der Waals surface area contributed by atoms with Crippen molar-refractivity contribution in [2.24, 2.45) is 0 Å². The summed E-state index contributed by atoms with van der Waals surface area (Å²) in [6, 6.07) is 5.60. The van der Waals surface area contributed by atoms with Gasteiger partial charge in [-0.1, -0.05) is 66.6 Å². The molecule has 1 aromatic rings. The third-order valence-corrected chi connectivity index (χ3v) is 3.53. The van der Waals surface area contributed by atoms with Crippen molar-refractivity contribution in [1.29, 1.82) is 0 Å². The molecule has 0 saturated carbocycles. The molecule has 0 spiro atoms. The quantitative estimate of drug-likeness (QED) is 0.658. The van der Waals surface area contributed by atoms with Crippen LogP contribution < -0.4 is 0 Å². The Morgan fingerprint density at radius 3 is 2.53 bits per heavy atom. The smallest absolute Gasteiger partial charge is 0.0791 e. The lowest BCUT2D eigenvalue weighted by Gasteiger charge is -2.11. The Balaban J connectivity index is 2.38. The summed E-state index contributed by atoms with van der Waals surface area (Å²) in [4.78, 5) is 0. The zero-order valence-electron chi connectivity index (χ0n) is 10.3. The number of aliphatic hydroxyl groups is 1. The third kappa shape index (κ3) is 5.89. The van der Waals surface area contributed by atoms with E-state index in [9.17, 15) is 5.11 Å². The minimum Gasteiger partial charge on any atom is -0.388 e. The molecule has 0 fully saturated rings. The van der Waals surface area contributed by atoms with E-state index in [4.69, 9.17) is 11.6 Å². The number of halogens is 2. The van der Waals surface area contributed by atoms with Gasteiger partial charge in [-0.25, -0.2) is 0 Å². The van der Waals surface area contributed by atoms with Crippen molar-refractivity contribution in [3.8, 4) is 0 Å². The van der Waals surface area contributed by atoms with E-state index in [1.165, 1.54) is 25.7 Å². The monoisotopic (exact) mass is 318 g/mol. The first-order valence-electron chi connectivity index (χ1n) is 6.27. The molecule has 3 heteroatoms. The first kappa shape index (κ1) is 15.0. The number of unbranched alkanes of at least 4 members (excludes halogenated alkanes) is 4. The fraction of sp³-hybridized carbons (Fsp3) is 0.571. The van der Waals surface area contributed by atoms with Gasteiger partial charge in [0.1, 0.15) is 0 Å². The first-order valence-corrected chi connectivity index (χ1v) is 7.44. The summed E-state index contributed by atoms with van der Waals surface area (Å²) in [6.45, 7) is 2.21. The van der Waals surface area contributed by atoms with E-state index in [0.717, 1.165) is 22.9 Å². The Morgan fingerprint density at radius 1 is 1.18 bits per heavy atom. The van der Waals surface area contributed by atoms with Gasteiger partial charge in [0.15, 0.2) is 0 Å². The highest BCUT2D eigenvalue weighted by molar-refractivity contribution is 9.10. The van der Waals surface area contributed by atoms with Crippen molar-refractivity contribution < 1.29 is 5.11 Å². The van der Waals surface area contributed by atoms with Crippen LogP contribution in [0.3, 0.4) is 0 Å². The number of rotatable bonds is 7. The lowest BCUT2D eigenvalue weighted by atomic mass is 10.0. The predicted molar refractivity (Wildman–Crippen MR) is 77.5 cm³/mol. The van der Waals surface area contributed by atoms with Gasteiger partial charge in [0.05, 0.1) is 6.10 Å². The van der Waals surface area contributed by atoms with Gasteiger partial charge in [-0.05, 0) is 30.2 Å². The second-order valence-corrected chi connectivity index (χ2v) is 5.77. The van der Waals surface area contributed by atoms with Crippen LogP contribution in [0.2, 0.25) is 5.02 Å². The van der Waals surface area contributed by atoms with Gasteiger partial charge in [-0.3, -0.25) is 0 Å². The molecule has 0 aliphatic heterocycles. The second kappa shape index (κ2) is 8.12. The predicted octanol–water partition coefficient (Wildman–Crippen LogP) is 5.50. The Morgan fingerprint density at radius 2 is 1.88 bits per heavy atom. The molecule has 1 rings (SSSR count). The standard InChI is InChI=1S/C14H20BrClO/c1-2-3-4-5-6-7-14(17)11-8-12(15)10-13(16)9-11/h8-10,14,17H,2-7H2,1H3. The Kier molecular flexibility index (Phi) is 7.17. The number of hydrogen-bond donors (Lipinski definition) is 1. The van der Waals surface area contributed by atoms with E-state index in [1.807, 2.05) is 18.2 Å². The average Bonchev–Trinajstić information content (AvgIpc) is 2.27. The number of benzene rings is 1. The maximum Gasteiger partial charge on any atom is 0.0791 e. The van der Waals surface area contributed by atoms with Gasteiger partial charge >= 0.3 is 0 Å². The summed E-state index contributed by atoms with van der Waals surface area (Å²) >= 11 is 9.34. The summed E-state index contributed by atoms with van der Waals surface area (Å²) in [5.74, 6) is 0. The molecule has 96 valence electrons. The molecule has 17 heavy (non-hydrogen) atoms. The van der Waals surface area contributed by atoms with Crippen molar-refractivity contribution in [3.63, 3.8) is 0 Å². The summed E-state index contributed by atoms with van der Waals surface area (Å²) in [7, 11) is 0. The van der Waals surface area contributed by atoms with Crippen LogP contribution in [0.15, 0.2) is 22.7 Å². The third-order valence-electron chi connectivity index (χ3n) is 2.85. The van der Waals surface area contributed by atoms with Crippen molar-refractivity contribution in [3.05, 3.63) is 33.3 Å². The Labute approximate surface area is 117 Å². The van der Waals surface area contributed by atoms with E-state index >= 15 is 0 Å². The molecule has 1 atom stereocenters. The van der Waals surface area contributed by atoms with Crippen molar-refractivity contribution >= 4 is 27.5 Å². The summed E-state index contributed by atoms with van der Waals surface area (Å²) < 4.78 is 0.921. The topological polar surface area (TPSA) is 20.2 Å². The van der Waals surface area contributed by atoms with E-state index in [2.05, 4.69) is 22.9 Å². The van der Waals surface area contributed by atoms with E-state index in [0.29, 0.717) is 5.02 Å². The highest BCUT2D eigenvalue weighted by atomic mass is 79.9. The normalized spacial score (nSPS) is 12.7. The zero-order chi connectivity index (χ0) is 12.7. The van der Waals surface area contributed by atoms with Crippen molar-refractivity contribution in [2.45, 2.75) is 51.6 Å². The fourth-order valence-electron chi connectivity index (χ4n) is 1.88. The van der Waals surface area contributed by atoms with Gasteiger partial charge in [0.2, 0.25) is 0 Å². The number of aliphatic hydroxyl groups excluding tert-OH is 1. The molecule has 0 amide bonds. The minimum atomic E-state index is -0.397. The molecule has 0 aliphatic carbocycles. The van der Waals surface area contributed by atoms with Gasteiger partial charge in [0.25, 0.3) is 0 Å². The van der Waals surface area contributed by atoms with E-state index < -0.39 is 6.10 Å². The van der Waals surface area contributed by atoms with Crippen LogP contribution in [0, 0.1) is 0 Å². The molecule has 0 aliphatic rings. The van der Waals surface area contributed by atoms with E-state index in [1.54, 1.807) is 0 Å². The van der Waals surface area contributed by atoms with Gasteiger partial charge < -0.3 is 5.11 Å². The summed E-state index contributed by atoms with van der Waals surface area (Å²) in [5, 5.41) is 10.7. The minimum absolute atomic E-state index is 0.397. The van der Waals surface area contributed by atoms with Crippen LogP contribution in [-0.4, -0.2) is 5.11 Å². The lowest BCUT2D eigenvalue weighted by molar-refractivity contribution is 0.163. The van der Waals surface area contributed by atoms with Crippen molar-refractivity contribution in [1.82, 2.24) is 0 Å². The maximum absolute atomic E-state index is 10.0. The molecule has 0 saturated heterocycles.